The lowest BCUT2D eigenvalue weighted by atomic mass is 10.1. The van der Waals surface area contributed by atoms with Gasteiger partial charge in [-0.3, -0.25) is 4.79 Å². The number of esters is 1. The summed E-state index contributed by atoms with van der Waals surface area (Å²) in [7, 11) is 0. The van der Waals surface area contributed by atoms with E-state index < -0.39 is 0 Å². The maximum atomic E-state index is 11.5. The van der Waals surface area contributed by atoms with E-state index in [9.17, 15) is 4.79 Å². The quantitative estimate of drug-likeness (QED) is 0.368. The third kappa shape index (κ3) is 9.75. The lowest BCUT2D eigenvalue weighted by molar-refractivity contribution is -0.153. The van der Waals surface area contributed by atoms with E-state index in [2.05, 4.69) is 13.5 Å². The first kappa shape index (κ1) is 15.2. The zero-order valence-corrected chi connectivity index (χ0v) is 11.3. The summed E-state index contributed by atoms with van der Waals surface area (Å²) >= 11 is 0. The van der Waals surface area contributed by atoms with Crippen molar-refractivity contribution in [2.45, 2.75) is 71.8 Å². The van der Waals surface area contributed by atoms with Gasteiger partial charge < -0.3 is 4.74 Å². The van der Waals surface area contributed by atoms with E-state index in [1.807, 2.05) is 20.8 Å². The van der Waals surface area contributed by atoms with Crippen molar-refractivity contribution >= 4 is 5.97 Å². The maximum absolute atomic E-state index is 11.5. The van der Waals surface area contributed by atoms with E-state index in [0.29, 0.717) is 6.42 Å². The van der Waals surface area contributed by atoms with Crippen LogP contribution in [0.3, 0.4) is 0 Å². The van der Waals surface area contributed by atoms with Crippen molar-refractivity contribution in [3.8, 4) is 0 Å². The molecular formula is C14H26O2. The van der Waals surface area contributed by atoms with Gasteiger partial charge in [-0.05, 0) is 33.6 Å². The number of hydrogen-bond acceptors (Lipinski definition) is 2. The molecule has 0 saturated heterocycles. The molecular weight excluding hydrogens is 200 g/mol. The van der Waals surface area contributed by atoms with Gasteiger partial charge in [-0.2, -0.15) is 0 Å². The fourth-order valence-electron chi connectivity index (χ4n) is 1.47. The lowest BCUT2D eigenvalue weighted by Crippen LogP contribution is -2.23. The average molecular weight is 226 g/mol. The molecule has 0 aliphatic rings. The Hall–Kier alpha value is -0.790. The molecule has 2 heteroatoms. The summed E-state index contributed by atoms with van der Waals surface area (Å²) in [6.45, 7) is 11.8. The molecule has 0 atom stereocenters. The van der Waals surface area contributed by atoms with E-state index in [0.717, 1.165) is 18.4 Å². The second kappa shape index (κ2) is 7.48. The Morgan fingerprint density at radius 1 is 1.19 bits per heavy atom. The maximum Gasteiger partial charge on any atom is 0.310 e. The Balaban J connectivity index is 3.67. The first-order valence-corrected chi connectivity index (χ1v) is 6.23. The summed E-state index contributed by atoms with van der Waals surface area (Å²) in [4.78, 5) is 11.5. The smallest absolute Gasteiger partial charge is 0.310 e. The molecule has 0 saturated carbocycles. The van der Waals surface area contributed by atoms with Crippen molar-refractivity contribution in [2.24, 2.45) is 0 Å². The van der Waals surface area contributed by atoms with Crippen LogP contribution in [0.4, 0.5) is 0 Å². The highest BCUT2D eigenvalue weighted by atomic mass is 16.6. The number of hydrogen-bond donors (Lipinski definition) is 0. The van der Waals surface area contributed by atoms with Crippen LogP contribution in [-0.2, 0) is 9.53 Å². The van der Waals surface area contributed by atoms with Gasteiger partial charge in [0.05, 0.1) is 6.42 Å². The molecule has 0 aromatic carbocycles. The van der Waals surface area contributed by atoms with Crippen LogP contribution < -0.4 is 0 Å². The Kier molecular flexibility index (Phi) is 7.11. The molecule has 0 unspecified atom stereocenters. The standard InChI is InChI=1S/C14H26O2/c1-6-7-8-9-10-12(2)11-13(15)16-14(3,4)5/h2,6-11H2,1,3-5H3. The lowest BCUT2D eigenvalue weighted by Gasteiger charge is -2.19. The monoisotopic (exact) mass is 226 g/mol. The second-order valence-electron chi connectivity index (χ2n) is 5.32. The van der Waals surface area contributed by atoms with Crippen molar-refractivity contribution in [3.05, 3.63) is 12.2 Å². The first-order chi connectivity index (χ1) is 7.35. The number of carbonyl (C=O) groups excluding carboxylic acids is 1. The molecule has 0 fully saturated rings. The van der Waals surface area contributed by atoms with E-state index in [-0.39, 0.29) is 11.6 Å². The molecule has 0 radical (unpaired) electrons. The van der Waals surface area contributed by atoms with Crippen LogP contribution in [0.1, 0.15) is 66.2 Å². The van der Waals surface area contributed by atoms with Crippen molar-refractivity contribution in [3.63, 3.8) is 0 Å². The van der Waals surface area contributed by atoms with Crippen LogP contribution in [0, 0.1) is 0 Å². The molecule has 0 N–H and O–H groups in total. The molecule has 0 bridgehead atoms. The predicted octanol–water partition coefficient (Wildman–Crippen LogP) is 4.24. The van der Waals surface area contributed by atoms with Gasteiger partial charge in [0.25, 0.3) is 0 Å². The molecule has 2 nitrogen and oxygen atoms in total. The summed E-state index contributed by atoms with van der Waals surface area (Å²) in [5.74, 6) is -0.159. The third-order valence-corrected chi connectivity index (χ3v) is 2.20. The highest BCUT2D eigenvalue weighted by molar-refractivity contribution is 5.72. The summed E-state index contributed by atoms with van der Waals surface area (Å²) in [6, 6.07) is 0. The minimum absolute atomic E-state index is 0.159. The van der Waals surface area contributed by atoms with E-state index >= 15 is 0 Å². The van der Waals surface area contributed by atoms with Gasteiger partial charge in [0.2, 0.25) is 0 Å². The van der Waals surface area contributed by atoms with Gasteiger partial charge in [0, 0.05) is 0 Å². The summed E-state index contributed by atoms with van der Waals surface area (Å²) in [5, 5.41) is 0. The molecule has 0 aliphatic carbocycles. The summed E-state index contributed by atoms with van der Waals surface area (Å²) < 4.78 is 5.24. The van der Waals surface area contributed by atoms with Crippen molar-refractivity contribution in [1.82, 2.24) is 0 Å². The van der Waals surface area contributed by atoms with E-state index in [1.165, 1.54) is 19.3 Å². The highest BCUT2D eigenvalue weighted by Crippen LogP contribution is 2.15. The Morgan fingerprint density at radius 2 is 1.81 bits per heavy atom. The van der Waals surface area contributed by atoms with Gasteiger partial charge in [-0.15, -0.1) is 0 Å². The molecule has 94 valence electrons. The Bertz CT molecular complexity index is 223. The highest BCUT2D eigenvalue weighted by Gasteiger charge is 2.16. The summed E-state index contributed by atoms with van der Waals surface area (Å²) in [6.07, 6.45) is 6.17. The molecule has 0 aromatic heterocycles. The fraction of sp³-hybridized carbons (Fsp3) is 0.786. The topological polar surface area (TPSA) is 26.3 Å². The van der Waals surface area contributed by atoms with Crippen LogP contribution >= 0.6 is 0 Å². The molecule has 0 heterocycles. The van der Waals surface area contributed by atoms with Crippen molar-refractivity contribution in [1.29, 1.82) is 0 Å². The van der Waals surface area contributed by atoms with Gasteiger partial charge in [-0.25, -0.2) is 0 Å². The Labute approximate surface area is 100 Å². The summed E-state index contributed by atoms with van der Waals surface area (Å²) in [5.41, 5.74) is 0.602. The van der Waals surface area contributed by atoms with E-state index in [1.54, 1.807) is 0 Å². The zero-order valence-electron chi connectivity index (χ0n) is 11.3. The first-order valence-electron chi connectivity index (χ1n) is 6.23. The van der Waals surface area contributed by atoms with Crippen LogP contribution in [0.2, 0.25) is 0 Å². The Morgan fingerprint density at radius 3 is 2.31 bits per heavy atom. The zero-order chi connectivity index (χ0) is 12.6. The number of rotatable bonds is 7. The minimum Gasteiger partial charge on any atom is -0.460 e. The SMILES string of the molecule is C=C(CCCCCC)CC(=O)OC(C)(C)C. The van der Waals surface area contributed by atoms with Crippen LogP contribution in [0.5, 0.6) is 0 Å². The van der Waals surface area contributed by atoms with Gasteiger partial charge in [0.1, 0.15) is 5.60 Å². The molecule has 0 aliphatic heterocycles. The molecule has 0 aromatic rings. The van der Waals surface area contributed by atoms with Crippen LogP contribution in [0.15, 0.2) is 12.2 Å². The predicted molar refractivity (Wildman–Crippen MR) is 68.4 cm³/mol. The van der Waals surface area contributed by atoms with Crippen molar-refractivity contribution < 1.29 is 9.53 Å². The van der Waals surface area contributed by atoms with Gasteiger partial charge >= 0.3 is 5.97 Å². The number of carbonyl (C=O) groups is 1. The third-order valence-electron chi connectivity index (χ3n) is 2.20. The van der Waals surface area contributed by atoms with Gasteiger partial charge in [0.15, 0.2) is 0 Å². The molecule has 0 spiro atoms. The van der Waals surface area contributed by atoms with Crippen molar-refractivity contribution in [2.75, 3.05) is 0 Å². The fourth-order valence-corrected chi connectivity index (χ4v) is 1.47. The minimum atomic E-state index is -0.389. The van der Waals surface area contributed by atoms with E-state index in [4.69, 9.17) is 4.74 Å². The van der Waals surface area contributed by atoms with Gasteiger partial charge in [-0.1, -0.05) is 38.3 Å². The average Bonchev–Trinajstić information content (AvgIpc) is 2.09. The molecule has 0 rings (SSSR count). The number of unbranched alkanes of at least 4 members (excludes halogenated alkanes) is 3. The van der Waals surface area contributed by atoms with Crippen LogP contribution in [0.25, 0.3) is 0 Å². The number of ether oxygens (including phenoxy) is 1. The van der Waals surface area contributed by atoms with Crippen LogP contribution in [-0.4, -0.2) is 11.6 Å². The molecule has 16 heavy (non-hydrogen) atoms. The molecule has 0 amide bonds. The normalized spacial score (nSPS) is 11.2. The second-order valence-corrected chi connectivity index (χ2v) is 5.32. The largest absolute Gasteiger partial charge is 0.460 e.